The van der Waals surface area contributed by atoms with Gasteiger partial charge >= 0.3 is 0 Å². The van der Waals surface area contributed by atoms with Gasteiger partial charge in [-0.2, -0.15) is 0 Å². The van der Waals surface area contributed by atoms with Gasteiger partial charge in [0, 0.05) is 6.54 Å². The molecule has 106 valence electrons. The highest BCUT2D eigenvalue weighted by Crippen LogP contribution is 2.32. The van der Waals surface area contributed by atoms with Crippen LogP contribution in [0.5, 0.6) is 0 Å². The molecule has 1 atom stereocenters. The normalized spacial score (nSPS) is 19.0. The van der Waals surface area contributed by atoms with Crippen LogP contribution in [0.15, 0.2) is 54.6 Å². The van der Waals surface area contributed by atoms with Gasteiger partial charge in [-0.25, -0.2) is 4.98 Å². The Balaban J connectivity index is 1.60. The van der Waals surface area contributed by atoms with E-state index in [2.05, 4.69) is 47.4 Å². The van der Waals surface area contributed by atoms with Crippen molar-refractivity contribution in [3.63, 3.8) is 0 Å². The molecule has 2 heterocycles. The number of fused-ring (bicyclic) bond motifs is 1. The summed E-state index contributed by atoms with van der Waals surface area (Å²) in [4.78, 5) is 7.09. The van der Waals surface area contributed by atoms with Gasteiger partial charge in [-0.1, -0.05) is 53.8 Å². The second-order valence-electron chi connectivity index (χ2n) is 5.18. The Morgan fingerprint density at radius 3 is 2.71 bits per heavy atom. The number of hydrogen-bond donors (Lipinski definition) is 0. The van der Waals surface area contributed by atoms with Crippen molar-refractivity contribution in [3.05, 3.63) is 60.2 Å². The molecule has 1 aliphatic rings. The van der Waals surface area contributed by atoms with Crippen LogP contribution in [0.3, 0.4) is 0 Å². The van der Waals surface area contributed by atoms with Gasteiger partial charge in [-0.3, -0.25) is 0 Å². The van der Waals surface area contributed by atoms with E-state index in [-0.39, 0.29) is 6.10 Å². The maximum atomic E-state index is 5.92. The zero-order valence-electron chi connectivity index (χ0n) is 11.6. The van der Waals surface area contributed by atoms with Crippen molar-refractivity contribution >= 4 is 26.7 Å². The molecule has 0 spiro atoms. The van der Waals surface area contributed by atoms with Crippen LogP contribution in [-0.2, 0) is 4.74 Å². The lowest BCUT2D eigenvalue weighted by molar-refractivity contribution is 0.0398. The van der Waals surface area contributed by atoms with Crippen molar-refractivity contribution in [2.75, 3.05) is 24.6 Å². The molecule has 2 aromatic carbocycles. The molecular formula is C17H16N2OS. The van der Waals surface area contributed by atoms with E-state index in [9.17, 15) is 0 Å². The molecular weight excluding hydrogens is 280 g/mol. The second kappa shape index (κ2) is 5.47. The Hall–Kier alpha value is -1.91. The van der Waals surface area contributed by atoms with E-state index in [1.807, 2.05) is 12.1 Å². The average molecular weight is 296 g/mol. The van der Waals surface area contributed by atoms with Gasteiger partial charge < -0.3 is 9.64 Å². The summed E-state index contributed by atoms with van der Waals surface area (Å²) in [7, 11) is 0. The van der Waals surface area contributed by atoms with Crippen molar-refractivity contribution in [1.29, 1.82) is 0 Å². The first-order valence-electron chi connectivity index (χ1n) is 7.17. The van der Waals surface area contributed by atoms with Gasteiger partial charge in [0.1, 0.15) is 6.10 Å². The molecule has 0 aliphatic carbocycles. The topological polar surface area (TPSA) is 25.4 Å². The van der Waals surface area contributed by atoms with Crippen molar-refractivity contribution in [1.82, 2.24) is 4.98 Å². The SMILES string of the molecule is c1ccc([C@H]2CN(c3nc4ccccc4s3)CCO2)cc1. The van der Waals surface area contributed by atoms with Crippen molar-refractivity contribution < 1.29 is 4.74 Å². The molecule has 0 bridgehead atoms. The van der Waals surface area contributed by atoms with E-state index < -0.39 is 0 Å². The van der Waals surface area contributed by atoms with Crippen LogP contribution in [0.2, 0.25) is 0 Å². The summed E-state index contributed by atoms with van der Waals surface area (Å²) in [6.45, 7) is 2.52. The van der Waals surface area contributed by atoms with Crippen molar-refractivity contribution in [2.24, 2.45) is 0 Å². The Morgan fingerprint density at radius 1 is 1.05 bits per heavy atom. The van der Waals surface area contributed by atoms with Crippen LogP contribution < -0.4 is 4.90 Å². The van der Waals surface area contributed by atoms with Crippen LogP contribution in [-0.4, -0.2) is 24.7 Å². The summed E-state index contributed by atoms with van der Waals surface area (Å²) in [5, 5.41) is 1.10. The number of anilines is 1. The summed E-state index contributed by atoms with van der Waals surface area (Å²) >= 11 is 1.76. The molecule has 21 heavy (non-hydrogen) atoms. The lowest BCUT2D eigenvalue weighted by Crippen LogP contribution is -2.38. The summed E-state index contributed by atoms with van der Waals surface area (Å²) in [5.74, 6) is 0. The monoisotopic (exact) mass is 296 g/mol. The minimum Gasteiger partial charge on any atom is -0.370 e. The fourth-order valence-electron chi connectivity index (χ4n) is 2.69. The highest BCUT2D eigenvalue weighted by atomic mass is 32.1. The van der Waals surface area contributed by atoms with Crippen LogP contribution >= 0.6 is 11.3 Å². The molecule has 0 radical (unpaired) electrons. The van der Waals surface area contributed by atoms with E-state index in [4.69, 9.17) is 9.72 Å². The van der Waals surface area contributed by atoms with E-state index in [1.165, 1.54) is 10.3 Å². The van der Waals surface area contributed by atoms with Gasteiger partial charge in [0.15, 0.2) is 5.13 Å². The van der Waals surface area contributed by atoms with E-state index >= 15 is 0 Å². The second-order valence-corrected chi connectivity index (χ2v) is 6.19. The Morgan fingerprint density at radius 2 is 1.86 bits per heavy atom. The van der Waals surface area contributed by atoms with Gasteiger partial charge in [0.05, 0.1) is 23.4 Å². The van der Waals surface area contributed by atoms with E-state index in [0.717, 1.165) is 30.3 Å². The highest BCUT2D eigenvalue weighted by molar-refractivity contribution is 7.22. The maximum Gasteiger partial charge on any atom is 0.186 e. The van der Waals surface area contributed by atoms with E-state index in [0.29, 0.717) is 0 Å². The number of ether oxygens (including phenoxy) is 1. The fourth-order valence-corrected chi connectivity index (χ4v) is 3.69. The van der Waals surface area contributed by atoms with Crippen LogP contribution in [0.1, 0.15) is 11.7 Å². The van der Waals surface area contributed by atoms with Gasteiger partial charge in [0.25, 0.3) is 0 Å². The third kappa shape index (κ3) is 2.52. The third-order valence-electron chi connectivity index (χ3n) is 3.79. The van der Waals surface area contributed by atoms with Crippen LogP contribution in [0.4, 0.5) is 5.13 Å². The molecule has 3 aromatic rings. The van der Waals surface area contributed by atoms with Gasteiger partial charge in [-0.05, 0) is 17.7 Å². The Kier molecular flexibility index (Phi) is 3.33. The number of thiazole rings is 1. The number of rotatable bonds is 2. The zero-order chi connectivity index (χ0) is 14.1. The minimum absolute atomic E-state index is 0.131. The van der Waals surface area contributed by atoms with E-state index in [1.54, 1.807) is 11.3 Å². The Bertz CT molecular complexity index is 708. The molecule has 0 unspecified atom stereocenters. The Labute approximate surface area is 127 Å². The first kappa shape index (κ1) is 12.8. The van der Waals surface area contributed by atoms with Crippen molar-refractivity contribution in [3.8, 4) is 0 Å². The van der Waals surface area contributed by atoms with Gasteiger partial charge in [-0.15, -0.1) is 0 Å². The number of benzene rings is 2. The number of aromatic nitrogens is 1. The highest BCUT2D eigenvalue weighted by Gasteiger charge is 2.23. The minimum atomic E-state index is 0.131. The first-order valence-corrected chi connectivity index (χ1v) is 7.99. The molecule has 1 fully saturated rings. The number of nitrogens with zero attached hydrogens (tertiary/aromatic N) is 2. The third-order valence-corrected chi connectivity index (χ3v) is 4.89. The number of morpholine rings is 1. The summed E-state index contributed by atoms with van der Waals surface area (Å²) < 4.78 is 7.17. The fraction of sp³-hybridized carbons (Fsp3) is 0.235. The summed E-state index contributed by atoms with van der Waals surface area (Å²) in [6.07, 6.45) is 0.131. The predicted molar refractivity (Wildman–Crippen MR) is 87.0 cm³/mol. The zero-order valence-corrected chi connectivity index (χ0v) is 12.4. The molecule has 4 rings (SSSR count). The van der Waals surface area contributed by atoms with Gasteiger partial charge in [0.2, 0.25) is 0 Å². The summed E-state index contributed by atoms with van der Waals surface area (Å²) in [6, 6.07) is 18.7. The molecule has 0 N–H and O–H groups in total. The largest absolute Gasteiger partial charge is 0.370 e. The lowest BCUT2D eigenvalue weighted by atomic mass is 10.1. The van der Waals surface area contributed by atoms with Crippen molar-refractivity contribution in [2.45, 2.75) is 6.10 Å². The predicted octanol–water partition coefficient (Wildman–Crippen LogP) is 3.87. The molecule has 0 saturated carbocycles. The molecule has 0 amide bonds. The molecule has 3 nitrogen and oxygen atoms in total. The standard InChI is InChI=1S/C17H16N2OS/c1-2-6-13(7-3-1)15-12-19(10-11-20-15)17-18-14-8-4-5-9-16(14)21-17/h1-9,15H,10-12H2/t15-/m1/s1. The molecule has 1 aromatic heterocycles. The average Bonchev–Trinajstić information content (AvgIpc) is 3.00. The molecule has 1 aliphatic heterocycles. The van der Waals surface area contributed by atoms with Crippen LogP contribution in [0, 0.1) is 0 Å². The maximum absolute atomic E-state index is 5.92. The number of para-hydroxylation sites is 1. The lowest BCUT2D eigenvalue weighted by Gasteiger charge is -2.32. The molecule has 1 saturated heterocycles. The quantitative estimate of drug-likeness (QED) is 0.717. The molecule has 4 heteroatoms. The smallest absolute Gasteiger partial charge is 0.186 e. The number of hydrogen-bond acceptors (Lipinski definition) is 4. The first-order chi connectivity index (χ1) is 10.4. The summed E-state index contributed by atoms with van der Waals surface area (Å²) in [5.41, 5.74) is 2.32. The van der Waals surface area contributed by atoms with Crippen LogP contribution in [0.25, 0.3) is 10.2 Å².